The Bertz CT molecular complexity index is 769. The smallest absolute Gasteiger partial charge is 0.265 e. The molecule has 1 aromatic carbocycles. The Balaban J connectivity index is 2.20. The van der Waals surface area contributed by atoms with Gasteiger partial charge in [-0.3, -0.25) is 4.79 Å². The van der Waals surface area contributed by atoms with Crippen molar-refractivity contribution in [2.45, 2.75) is 11.1 Å². The van der Waals surface area contributed by atoms with Gasteiger partial charge in [0.2, 0.25) is 10.0 Å². The highest BCUT2D eigenvalue weighted by atomic mass is 32.2. The van der Waals surface area contributed by atoms with E-state index in [1.165, 1.54) is 30.3 Å². The Kier molecular flexibility index (Phi) is 3.89. The van der Waals surface area contributed by atoms with Crippen LogP contribution in [-0.2, 0) is 10.0 Å². The molecule has 2 aromatic rings. The molecule has 0 saturated carbocycles. The SMILES string of the molecule is Cc1cc(NC(=O)c2ccc(S(N)(=O)=O)s2)ccc1F. The third kappa shape index (κ3) is 3.21. The van der Waals surface area contributed by atoms with Crippen LogP contribution < -0.4 is 10.5 Å². The van der Waals surface area contributed by atoms with Crippen molar-refractivity contribution >= 4 is 33.0 Å². The molecule has 0 aliphatic rings. The molecular formula is C12H11FN2O3S2. The molecule has 0 atom stereocenters. The predicted molar refractivity (Wildman–Crippen MR) is 74.8 cm³/mol. The molecule has 0 aliphatic carbocycles. The summed E-state index contributed by atoms with van der Waals surface area (Å²) in [6.45, 7) is 1.58. The summed E-state index contributed by atoms with van der Waals surface area (Å²) in [5.41, 5.74) is 0.832. The van der Waals surface area contributed by atoms with Crippen molar-refractivity contribution in [3.63, 3.8) is 0 Å². The molecule has 0 unspecified atom stereocenters. The minimum absolute atomic E-state index is 0.0852. The van der Waals surface area contributed by atoms with E-state index in [9.17, 15) is 17.6 Å². The molecule has 0 saturated heterocycles. The fourth-order valence-corrected chi connectivity index (χ4v) is 3.13. The van der Waals surface area contributed by atoms with Gasteiger partial charge in [0.1, 0.15) is 10.0 Å². The summed E-state index contributed by atoms with van der Waals surface area (Å²) >= 11 is 0.775. The number of anilines is 1. The van der Waals surface area contributed by atoms with Crippen molar-refractivity contribution < 1.29 is 17.6 Å². The summed E-state index contributed by atoms with van der Waals surface area (Å²) in [4.78, 5) is 12.1. The summed E-state index contributed by atoms with van der Waals surface area (Å²) in [6, 6.07) is 6.80. The van der Waals surface area contributed by atoms with Crippen molar-refractivity contribution in [1.29, 1.82) is 0 Å². The fraction of sp³-hybridized carbons (Fsp3) is 0.0833. The predicted octanol–water partition coefficient (Wildman–Crippen LogP) is 2.10. The van der Waals surface area contributed by atoms with Gasteiger partial charge in [-0.2, -0.15) is 0 Å². The number of carbonyl (C=O) groups is 1. The zero-order valence-electron chi connectivity index (χ0n) is 10.4. The molecule has 20 heavy (non-hydrogen) atoms. The highest BCUT2D eigenvalue weighted by molar-refractivity contribution is 7.91. The number of amides is 1. The van der Waals surface area contributed by atoms with E-state index in [0.717, 1.165) is 11.3 Å². The summed E-state index contributed by atoms with van der Waals surface area (Å²) in [5.74, 6) is -0.841. The summed E-state index contributed by atoms with van der Waals surface area (Å²) < 4.78 is 35.3. The molecule has 5 nitrogen and oxygen atoms in total. The molecule has 3 N–H and O–H groups in total. The number of hydrogen-bond acceptors (Lipinski definition) is 4. The maximum Gasteiger partial charge on any atom is 0.265 e. The van der Waals surface area contributed by atoms with Crippen LogP contribution in [0.3, 0.4) is 0 Å². The van der Waals surface area contributed by atoms with Gasteiger partial charge < -0.3 is 5.32 Å². The quantitative estimate of drug-likeness (QED) is 0.909. The number of nitrogens with two attached hydrogens (primary N) is 1. The van der Waals surface area contributed by atoms with Crippen molar-refractivity contribution in [2.24, 2.45) is 5.14 Å². The minimum atomic E-state index is -3.81. The normalized spacial score (nSPS) is 11.3. The first-order chi connectivity index (χ1) is 9.27. The van der Waals surface area contributed by atoms with E-state index in [1.54, 1.807) is 6.92 Å². The lowest BCUT2D eigenvalue weighted by Gasteiger charge is -2.05. The summed E-state index contributed by atoms with van der Waals surface area (Å²) in [5, 5.41) is 7.53. The van der Waals surface area contributed by atoms with Gasteiger partial charge in [0.25, 0.3) is 5.91 Å². The number of hydrogen-bond donors (Lipinski definition) is 2. The van der Waals surface area contributed by atoms with Crippen molar-refractivity contribution in [2.75, 3.05) is 5.32 Å². The van der Waals surface area contributed by atoms with Gasteiger partial charge in [0.05, 0.1) is 4.88 Å². The molecule has 1 heterocycles. The molecule has 106 valence electrons. The van der Waals surface area contributed by atoms with Gasteiger partial charge in [-0.1, -0.05) is 0 Å². The van der Waals surface area contributed by atoms with E-state index in [4.69, 9.17) is 5.14 Å². The van der Waals surface area contributed by atoms with E-state index in [0.29, 0.717) is 11.3 Å². The Labute approximate surface area is 119 Å². The first kappa shape index (κ1) is 14.6. The third-order valence-corrected chi connectivity index (χ3v) is 5.02. The van der Waals surface area contributed by atoms with Gasteiger partial charge in [0, 0.05) is 5.69 Å². The second-order valence-electron chi connectivity index (χ2n) is 4.08. The lowest BCUT2D eigenvalue weighted by molar-refractivity contribution is 0.103. The average molecular weight is 314 g/mol. The van der Waals surface area contributed by atoms with Crippen LogP contribution in [0.25, 0.3) is 0 Å². The molecular weight excluding hydrogens is 303 g/mol. The molecule has 1 aromatic heterocycles. The number of carbonyl (C=O) groups excluding carboxylic acids is 1. The van der Waals surface area contributed by atoms with Gasteiger partial charge in [0.15, 0.2) is 0 Å². The van der Waals surface area contributed by atoms with E-state index < -0.39 is 15.9 Å². The number of aryl methyl sites for hydroxylation is 1. The maximum atomic E-state index is 13.1. The number of halogens is 1. The van der Waals surface area contributed by atoms with Gasteiger partial charge in [-0.15, -0.1) is 11.3 Å². The Morgan fingerprint density at radius 3 is 2.55 bits per heavy atom. The maximum absolute atomic E-state index is 13.1. The topological polar surface area (TPSA) is 89.3 Å². The highest BCUT2D eigenvalue weighted by Gasteiger charge is 2.15. The molecule has 0 radical (unpaired) electrons. The second-order valence-corrected chi connectivity index (χ2v) is 6.95. The van der Waals surface area contributed by atoms with E-state index in [-0.39, 0.29) is 14.9 Å². The lowest BCUT2D eigenvalue weighted by atomic mass is 10.2. The van der Waals surface area contributed by atoms with Crippen LogP contribution in [-0.4, -0.2) is 14.3 Å². The van der Waals surface area contributed by atoms with Crippen LogP contribution in [0, 0.1) is 12.7 Å². The van der Waals surface area contributed by atoms with E-state index >= 15 is 0 Å². The summed E-state index contributed by atoms with van der Waals surface area (Å²) in [6.07, 6.45) is 0. The second kappa shape index (κ2) is 5.31. The minimum Gasteiger partial charge on any atom is -0.321 e. The molecule has 8 heteroatoms. The number of nitrogens with one attached hydrogen (secondary N) is 1. The van der Waals surface area contributed by atoms with Gasteiger partial charge >= 0.3 is 0 Å². The third-order valence-electron chi connectivity index (χ3n) is 2.50. The molecule has 0 bridgehead atoms. The van der Waals surface area contributed by atoms with Crippen LogP contribution in [0.4, 0.5) is 10.1 Å². The van der Waals surface area contributed by atoms with E-state index in [2.05, 4.69) is 5.32 Å². The van der Waals surface area contributed by atoms with Crippen LogP contribution in [0.1, 0.15) is 15.2 Å². The highest BCUT2D eigenvalue weighted by Crippen LogP contribution is 2.22. The number of thiophene rings is 1. The fourth-order valence-electron chi connectivity index (χ4n) is 1.51. The first-order valence-corrected chi connectivity index (χ1v) is 7.84. The standard InChI is InChI=1S/C12H11FN2O3S2/c1-7-6-8(2-3-9(7)13)15-12(16)10-4-5-11(19-10)20(14,17)18/h2-6H,1H3,(H,15,16)(H2,14,17,18). The van der Waals surface area contributed by atoms with Crippen LogP contribution in [0.15, 0.2) is 34.5 Å². The molecule has 2 rings (SSSR count). The number of sulfonamides is 1. The Morgan fingerprint density at radius 2 is 2.00 bits per heavy atom. The Morgan fingerprint density at radius 1 is 1.30 bits per heavy atom. The molecule has 1 amide bonds. The monoisotopic (exact) mass is 314 g/mol. The van der Waals surface area contributed by atoms with Crippen LogP contribution in [0.2, 0.25) is 0 Å². The van der Waals surface area contributed by atoms with Gasteiger partial charge in [-0.25, -0.2) is 17.9 Å². The number of benzene rings is 1. The average Bonchev–Trinajstić information content (AvgIpc) is 2.83. The molecule has 0 aliphatic heterocycles. The zero-order chi connectivity index (χ0) is 14.9. The number of rotatable bonds is 3. The number of primary sulfonamides is 1. The van der Waals surface area contributed by atoms with Crippen LogP contribution in [0.5, 0.6) is 0 Å². The van der Waals surface area contributed by atoms with Crippen molar-refractivity contribution in [1.82, 2.24) is 0 Å². The van der Waals surface area contributed by atoms with E-state index in [1.807, 2.05) is 0 Å². The lowest BCUT2D eigenvalue weighted by Crippen LogP contribution is -2.11. The van der Waals surface area contributed by atoms with Crippen molar-refractivity contribution in [3.05, 3.63) is 46.6 Å². The van der Waals surface area contributed by atoms with Crippen molar-refractivity contribution in [3.8, 4) is 0 Å². The largest absolute Gasteiger partial charge is 0.321 e. The van der Waals surface area contributed by atoms with Gasteiger partial charge in [-0.05, 0) is 42.8 Å². The summed E-state index contributed by atoms with van der Waals surface area (Å²) in [7, 11) is -3.81. The Hall–Kier alpha value is -1.77. The zero-order valence-corrected chi connectivity index (χ0v) is 12.0. The molecule has 0 fully saturated rings. The van der Waals surface area contributed by atoms with Crippen LogP contribution >= 0.6 is 11.3 Å². The molecule has 0 spiro atoms. The first-order valence-electron chi connectivity index (χ1n) is 5.47.